The monoisotopic (exact) mass is 330 g/mol. The van der Waals surface area contributed by atoms with E-state index in [-0.39, 0.29) is 36.0 Å². The molecular weight excluding hydrogens is 304 g/mol. The van der Waals surface area contributed by atoms with Crippen LogP contribution in [0.3, 0.4) is 0 Å². The van der Waals surface area contributed by atoms with E-state index in [0.717, 1.165) is 38.5 Å². The summed E-state index contributed by atoms with van der Waals surface area (Å²) in [5.74, 6) is -0.211. The fourth-order valence-corrected chi connectivity index (χ4v) is 3.16. The summed E-state index contributed by atoms with van der Waals surface area (Å²) in [7, 11) is 0. The molecule has 2 amide bonds. The van der Waals surface area contributed by atoms with Gasteiger partial charge in [0, 0.05) is 12.1 Å². The normalized spacial score (nSPS) is 25.5. The zero-order valence-electron chi connectivity index (χ0n) is 13.7. The molecule has 6 heteroatoms. The van der Waals surface area contributed by atoms with E-state index in [4.69, 9.17) is 16.3 Å². The molecule has 0 heterocycles. The fourth-order valence-electron chi connectivity index (χ4n) is 3.08. The van der Waals surface area contributed by atoms with Gasteiger partial charge in [0.25, 0.3) is 0 Å². The van der Waals surface area contributed by atoms with Crippen LogP contribution in [0, 0.1) is 0 Å². The predicted molar refractivity (Wildman–Crippen MR) is 86.0 cm³/mol. The number of alkyl halides is 1. The third-order valence-electron chi connectivity index (χ3n) is 4.10. The highest BCUT2D eigenvalue weighted by Gasteiger charge is 2.43. The number of nitrogens with one attached hydrogen (secondary N) is 1. The molecule has 2 rings (SSSR count). The first-order chi connectivity index (χ1) is 10.3. The van der Waals surface area contributed by atoms with E-state index in [1.54, 1.807) is 0 Å². The van der Waals surface area contributed by atoms with Crippen molar-refractivity contribution in [3.8, 4) is 0 Å². The third-order valence-corrected chi connectivity index (χ3v) is 4.34. The van der Waals surface area contributed by atoms with Crippen LogP contribution in [0.2, 0.25) is 0 Å². The highest BCUT2D eigenvalue weighted by molar-refractivity contribution is 6.27. The Morgan fingerprint density at radius 1 is 1.18 bits per heavy atom. The number of ether oxygens (including phenoxy) is 1. The number of hydrogen-bond acceptors (Lipinski definition) is 3. The minimum absolute atomic E-state index is 0.0169. The van der Waals surface area contributed by atoms with Gasteiger partial charge in [0.05, 0.1) is 6.04 Å². The Labute approximate surface area is 137 Å². The summed E-state index contributed by atoms with van der Waals surface area (Å²) in [6, 6.07) is 0.254. The molecule has 0 spiro atoms. The first-order valence-corrected chi connectivity index (χ1v) is 8.72. The van der Waals surface area contributed by atoms with Crippen molar-refractivity contribution < 1.29 is 14.3 Å². The quantitative estimate of drug-likeness (QED) is 0.806. The molecule has 0 aromatic carbocycles. The molecule has 0 unspecified atom stereocenters. The number of rotatable bonds is 4. The van der Waals surface area contributed by atoms with Crippen LogP contribution in [-0.4, -0.2) is 46.5 Å². The Balaban J connectivity index is 2.10. The lowest BCUT2D eigenvalue weighted by molar-refractivity contribution is -0.120. The van der Waals surface area contributed by atoms with Crippen molar-refractivity contribution in [1.29, 1.82) is 0 Å². The maximum Gasteiger partial charge on any atom is 0.410 e. The molecule has 0 aromatic rings. The number of amides is 2. The molecule has 126 valence electrons. The van der Waals surface area contributed by atoms with Crippen molar-refractivity contribution in [2.24, 2.45) is 0 Å². The molecule has 0 aromatic heterocycles. The lowest BCUT2D eigenvalue weighted by atomic mass is 9.89. The molecule has 2 atom stereocenters. The average molecular weight is 331 g/mol. The van der Waals surface area contributed by atoms with Gasteiger partial charge in [-0.1, -0.05) is 12.8 Å². The molecule has 2 aliphatic rings. The fraction of sp³-hybridized carbons (Fsp3) is 0.875. The largest absolute Gasteiger partial charge is 0.444 e. The van der Waals surface area contributed by atoms with Gasteiger partial charge < -0.3 is 15.0 Å². The molecule has 2 fully saturated rings. The summed E-state index contributed by atoms with van der Waals surface area (Å²) in [6.45, 7) is 5.64. The van der Waals surface area contributed by atoms with Crippen LogP contribution in [0.15, 0.2) is 0 Å². The topological polar surface area (TPSA) is 58.6 Å². The maximum atomic E-state index is 12.6. The predicted octanol–water partition coefficient (Wildman–Crippen LogP) is 3.05. The summed E-state index contributed by atoms with van der Waals surface area (Å²) >= 11 is 5.61. The van der Waals surface area contributed by atoms with E-state index < -0.39 is 5.60 Å². The van der Waals surface area contributed by atoms with Crippen molar-refractivity contribution in [1.82, 2.24) is 10.2 Å². The Kier molecular flexibility index (Phi) is 5.59. The molecular formula is C16H27ClN2O3. The van der Waals surface area contributed by atoms with E-state index in [1.165, 1.54) is 0 Å². The molecule has 1 N–H and O–H groups in total. The number of carbonyl (C=O) groups is 2. The molecule has 0 aliphatic heterocycles. The van der Waals surface area contributed by atoms with Crippen molar-refractivity contribution in [2.45, 2.75) is 83.0 Å². The van der Waals surface area contributed by atoms with E-state index in [9.17, 15) is 9.59 Å². The highest BCUT2D eigenvalue weighted by Crippen LogP contribution is 2.35. The molecule has 0 bridgehead atoms. The third kappa shape index (κ3) is 4.77. The van der Waals surface area contributed by atoms with Gasteiger partial charge in [0.15, 0.2) is 0 Å². The van der Waals surface area contributed by atoms with Gasteiger partial charge in [0.2, 0.25) is 5.91 Å². The molecule has 2 saturated carbocycles. The number of nitrogens with zero attached hydrogens (tertiary/aromatic N) is 1. The van der Waals surface area contributed by atoms with Gasteiger partial charge in [-0.15, -0.1) is 11.6 Å². The first-order valence-electron chi connectivity index (χ1n) is 8.18. The van der Waals surface area contributed by atoms with Gasteiger partial charge in [-0.3, -0.25) is 4.79 Å². The van der Waals surface area contributed by atoms with Crippen LogP contribution < -0.4 is 5.32 Å². The van der Waals surface area contributed by atoms with E-state index in [1.807, 2.05) is 25.7 Å². The van der Waals surface area contributed by atoms with Crippen LogP contribution in [0.25, 0.3) is 0 Å². The minimum Gasteiger partial charge on any atom is -0.444 e. The summed E-state index contributed by atoms with van der Waals surface area (Å²) in [4.78, 5) is 26.1. The zero-order valence-corrected chi connectivity index (χ0v) is 14.5. The minimum atomic E-state index is -0.506. The molecule has 22 heavy (non-hydrogen) atoms. The second kappa shape index (κ2) is 7.07. The first kappa shape index (κ1) is 17.4. The van der Waals surface area contributed by atoms with Crippen LogP contribution in [0.4, 0.5) is 4.79 Å². The van der Waals surface area contributed by atoms with Gasteiger partial charge in [-0.25, -0.2) is 4.79 Å². The van der Waals surface area contributed by atoms with E-state index in [0.29, 0.717) is 0 Å². The van der Waals surface area contributed by atoms with Gasteiger partial charge in [0.1, 0.15) is 11.5 Å². The van der Waals surface area contributed by atoms with Crippen LogP contribution in [-0.2, 0) is 9.53 Å². The van der Waals surface area contributed by atoms with Gasteiger partial charge in [-0.05, 0) is 46.5 Å². The smallest absolute Gasteiger partial charge is 0.410 e. The number of carbonyl (C=O) groups excluding carboxylic acids is 2. The molecule has 2 aliphatic carbocycles. The standard InChI is InChI=1S/C16H27ClN2O3/c1-16(2,3)22-15(21)19(11-8-9-11)13-7-5-4-6-12(13)18-14(20)10-17/h11-13H,4-10H2,1-3H3,(H,18,20)/t12-,13-/m1/s1. The Morgan fingerprint density at radius 2 is 1.82 bits per heavy atom. The van der Waals surface area contributed by atoms with Crippen molar-refractivity contribution >= 4 is 23.6 Å². The zero-order chi connectivity index (χ0) is 16.3. The Hall–Kier alpha value is -0.970. The molecule has 5 nitrogen and oxygen atoms in total. The van der Waals surface area contributed by atoms with Crippen molar-refractivity contribution in [3.63, 3.8) is 0 Å². The van der Waals surface area contributed by atoms with Crippen molar-refractivity contribution in [2.75, 3.05) is 5.88 Å². The lowest BCUT2D eigenvalue weighted by Gasteiger charge is -2.40. The number of hydrogen-bond donors (Lipinski definition) is 1. The summed E-state index contributed by atoms with van der Waals surface area (Å²) in [5.41, 5.74) is -0.506. The Morgan fingerprint density at radius 3 is 2.36 bits per heavy atom. The lowest BCUT2D eigenvalue weighted by Crippen LogP contribution is -2.56. The maximum absolute atomic E-state index is 12.6. The number of halogens is 1. The SMILES string of the molecule is CC(C)(C)OC(=O)N(C1CC1)[C@@H]1CCCC[C@H]1NC(=O)CCl. The summed E-state index contributed by atoms with van der Waals surface area (Å²) in [6.07, 6.45) is 5.72. The van der Waals surface area contributed by atoms with Gasteiger partial charge in [-0.2, -0.15) is 0 Å². The molecule has 0 radical (unpaired) electrons. The van der Waals surface area contributed by atoms with E-state index in [2.05, 4.69) is 5.32 Å². The van der Waals surface area contributed by atoms with Gasteiger partial charge >= 0.3 is 6.09 Å². The second-order valence-corrected chi connectivity index (χ2v) is 7.55. The van der Waals surface area contributed by atoms with Crippen molar-refractivity contribution in [3.05, 3.63) is 0 Å². The highest BCUT2D eigenvalue weighted by atomic mass is 35.5. The molecule has 0 saturated heterocycles. The average Bonchev–Trinajstić information content (AvgIpc) is 3.23. The Bertz CT molecular complexity index is 418. The van der Waals surface area contributed by atoms with E-state index >= 15 is 0 Å². The van der Waals surface area contributed by atoms with Crippen LogP contribution >= 0.6 is 11.6 Å². The van der Waals surface area contributed by atoms with Crippen LogP contribution in [0.1, 0.15) is 59.3 Å². The summed E-state index contributed by atoms with van der Waals surface area (Å²) < 4.78 is 5.58. The van der Waals surface area contributed by atoms with Crippen LogP contribution in [0.5, 0.6) is 0 Å². The summed E-state index contributed by atoms with van der Waals surface area (Å²) in [5, 5.41) is 2.98. The second-order valence-electron chi connectivity index (χ2n) is 7.28.